The summed E-state index contributed by atoms with van der Waals surface area (Å²) in [6.07, 6.45) is 0.696. The van der Waals surface area contributed by atoms with Crippen LogP contribution in [0.25, 0.3) is 0 Å². The Morgan fingerprint density at radius 2 is 1.62 bits per heavy atom. The first-order valence-electron chi connectivity index (χ1n) is 4.20. The smallest absolute Gasteiger partial charge is 0.161 e. The lowest BCUT2D eigenvalue weighted by atomic mass is 9.98. The summed E-state index contributed by atoms with van der Waals surface area (Å²) in [4.78, 5) is 0. The Morgan fingerprint density at radius 3 is 2.15 bits per heavy atom. The second-order valence-corrected chi connectivity index (χ2v) is 3.10. The summed E-state index contributed by atoms with van der Waals surface area (Å²) in [5.74, 6) is -2.88. The van der Waals surface area contributed by atoms with Gasteiger partial charge in [0.25, 0.3) is 0 Å². The van der Waals surface area contributed by atoms with Crippen LogP contribution in [-0.4, -0.2) is 0 Å². The van der Waals surface area contributed by atoms with Crippen LogP contribution in [0.15, 0.2) is 12.1 Å². The molecule has 0 radical (unpaired) electrons. The van der Waals surface area contributed by atoms with Crippen molar-refractivity contribution in [2.45, 2.75) is 26.2 Å². The predicted octanol–water partition coefficient (Wildman–Crippen LogP) is 3.62. The molecule has 0 spiro atoms. The van der Waals surface area contributed by atoms with Gasteiger partial charge < -0.3 is 0 Å². The van der Waals surface area contributed by atoms with E-state index < -0.39 is 17.5 Å². The standard InChI is InChI=1S/C10H11F3/c1-3-6(2)7-4-9(12)10(13)5-8(7)11/h4-6H,3H2,1-2H3/t6-/m0/s1. The van der Waals surface area contributed by atoms with Gasteiger partial charge in [-0.05, 0) is 24.0 Å². The van der Waals surface area contributed by atoms with E-state index in [9.17, 15) is 13.2 Å². The van der Waals surface area contributed by atoms with Crippen molar-refractivity contribution in [3.05, 3.63) is 35.1 Å². The minimum absolute atomic E-state index is 0.0879. The van der Waals surface area contributed by atoms with Gasteiger partial charge in [-0.1, -0.05) is 13.8 Å². The Labute approximate surface area is 75.4 Å². The highest BCUT2D eigenvalue weighted by Gasteiger charge is 2.13. The Kier molecular flexibility index (Phi) is 2.96. The van der Waals surface area contributed by atoms with Gasteiger partial charge in [0, 0.05) is 6.07 Å². The fourth-order valence-electron chi connectivity index (χ4n) is 1.14. The zero-order chi connectivity index (χ0) is 10.0. The van der Waals surface area contributed by atoms with Crippen LogP contribution < -0.4 is 0 Å². The third-order valence-electron chi connectivity index (χ3n) is 2.18. The van der Waals surface area contributed by atoms with Gasteiger partial charge in [-0.25, -0.2) is 13.2 Å². The van der Waals surface area contributed by atoms with Crippen molar-refractivity contribution >= 4 is 0 Å². The summed E-state index contributed by atoms with van der Waals surface area (Å²) >= 11 is 0. The van der Waals surface area contributed by atoms with Gasteiger partial charge in [0.1, 0.15) is 5.82 Å². The molecule has 3 heteroatoms. The molecule has 1 rings (SSSR count). The molecular formula is C10H11F3. The maximum Gasteiger partial charge on any atom is 0.161 e. The van der Waals surface area contributed by atoms with E-state index in [4.69, 9.17) is 0 Å². The summed E-state index contributed by atoms with van der Waals surface area (Å²) in [6.45, 7) is 3.64. The van der Waals surface area contributed by atoms with Crippen LogP contribution in [0.3, 0.4) is 0 Å². The Balaban J connectivity index is 3.15. The highest BCUT2D eigenvalue weighted by Crippen LogP contribution is 2.23. The third kappa shape index (κ3) is 2.02. The minimum Gasteiger partial charge on any atom is -0.207 e. The molecule has 0 aromatic heterocycles. The first-order valence-corrected chi connectivity index (χ1v) is 4.20. The number of halogens is 3. The summed E-state index contributed by atoms with van der Waals surface area (Å²) < 4.78 is 38.3. The molecule has 0 saturated heterocycles. The van der Waals surface area contributed by atoms with E-state index in [1.807, 2.05) is 6.92 Å². The SMILES string of the molecule is CC[C@H](C)c1cc(F)c(F)cc1F. The minimum atomic E-state index is -1.13. The van der Waals surface area contributed by atoms with Crippen molar-refractivity contribution in [1.29, 1.82) is 0 Å². The maximum absolute atomic E-state index is 13.1. The van der Waals surface area contributed by atoms with Crippen molar-refractivity contribution in [2.75, 3.05) is 0 Å². The van der Waals surface area contributed by atoms with Crippen molar-refractivity contribution in [3.63, 3.8) is 0 Å². The fourth-order valence-corrected chi connectivity index (χ4v) is 1.14. The molecule has 13 heavy (non-hydrogen) atoms. The van der Waals surface area contributed by atoms with Crippen molar-refractivity contribution in [1.82, 2.24) is 0 Å². The Hall–Kier alpha value is -0.990. The van der Waals surface area contributed by atoms with E-state index in [2.05, 4.69) is 0 Å². The zero-order valence-corrected chi connectivity index (χ0v) is 7.57. The van der Waals surface area contributed by atoms with Gasteiger partial charge in [-0.3, -0.25) is 0 Å². The molecule has 0 fully saturated rings. The maximum atomic E-state index is 13.1. The summed E-state index contributed by atoms with van der Waals surface area (Å²) in [6, 6.07) is 1.52. The van der Waals surface area contributed by atoms with E-state index >= 15 is 0 Å². The van der Waals surface area contributed by atoms with E-state index in [0.29, 0.717) is 12.5 Å². The predicted molar refractivity (Wildman–Crippen MR) is 45.0 cm³/mol. The largest absolute Gasteiger partial charge is 0.207 e. The molecule has 0 N–H and O–H groups in total. The van der Waals surface area contributed by atoms with E-state index in [0.717, 1.165) is 6.07 Å². The number of rotatable bonds is 2. The quantitative estimate of drug-likeness (QED) is 0.622. The molecule has 1 aromatic carbocycles. The first kappa shape index (κ1) is 10.1. The lowest BCUT2D eigenvalue weighted by Crippen LogP contribution is -1.99. The van der Waals surface area contributed by atoms with Crippen LogP contribution in [0.2, 0.25) is 0 Å². The van der Waals surface area contributed by atoms with Crippen molar-refractivity contribution in [3.8, 4) is 0 Å². The lowest BCUT2D eigenvalue weighted by molar-refractivity contribution is 0.484. The average Bonchev–Trinajstić information content (AvgIpc) is 2.10. The van der Waals surface area contributed by atoms with Gasteiger partial charge >= 0.3 is 0 Å². The van der Waals surface area contributed by atoms with Gasteiger partial charge in [-0.15, -0.1) is 0 Å². The first-order chi connectivity index (χ1) is 6.06. The van der Waals surface area contributed by atoms with Crippen LogP contribution >= 0.6 is 0 Å². The van der Waals surface area contributed by atoms with Crippen LogP contribution in [0, 0.1) is 17.5 Å². The molecular weight excluding hydrogens is 177 g/mol. The van der Waals surface area contributed by atoms with E-state index in [1.54, 1.807) is 6.92 Å². The Morgan fingerprint density at radius 1 is 1.08 bits per heavy atom. The number of hydrogen-bond acceptors (Lipinski definition) is 0. The molecule has 0 aliphatic heterocycles. The Bertz CT molecular complexity index is 307. The molecule has 72 valence electrons. The second-order valence-electron chi connectivity index (χ2n) is 3.10. The normalized spacial score (nSPS) is 13.0. The topological polar surface area (TPSA) is 0 Å². The fraction of sp³-hybridized carbons (Fsp3) is 0.400. The highest BCUT2D eigenvalue weighted by atomic mass is 19.2. The molecule has 0 bridgehead atoms. The van der Waals surface area contributed by atoms with Gasteiger partial charge in [0.2, 0.25) is 0 Å². The molecule has 0 aliphatic carbocycles. The molecule has 0 saturated carbocycles. The van der Waals surface area contributed by atoms with Gasteiger partial charge in [0.05, 0.1) is 0 Å². The van der Waals surface area contributed by atoms with Crippen LogP contribution in [0.1, 0.15) is 31.7 Å². The molecule has 0 amide bonds. The highest BCUT2D eigenvalue weighted by molar-refractivity contribution is 5.23. The van der Waals surface area contributed by atoms with Crippen LogP contribution in [-0.2, 0) is 0 Å². The van der Waals surface area contributed by atoms with E-state index in [1.165, 1.54) is 0 Å². The summed E-state index contributed by atoms with van der Waals surface area (Å²) in [5, 5.41) is 0. The molecule has 1 atom stereocenters. The van der Waals surface area contributed by atoms with E-state index in [-0.39, 0.29) is 11.5 Å². The zero-order valence-electron chi connectivity index (χ0n) is 7.57. The van der Waals surface area contributed by atoms with Crippen molar-refractivity contribution < 1.29 is 13.2 Å². The third-order valence-corrected chi connectivity index (χ3v) is 2.18. The summed E-state index contributed by atoms with van der Waals surface area (Å²) in [7, 11) is 0. The molecule has 0 unspecified atom stereocenters. The molecule has 0 aliphatic rings. The average molecular weight is 188 g/mol. The van der Waals surface area contributed by atoms with Crippen LogP contribution in [0.5, 0.6) is 0 Å². The summed E-state index contributed by atoms with van der Waals surface area (Å²) in [5.41, 5.74) is 0.237. The van der Waals surface area contributed by atoms with Gasteiger partial charge in [0.15, 0.2) is 11.6 Å². The molecule has 0 nitrogen and oxygen atoms in total. The number of benzene rings is 1. The molecule has 0 heterocycles. The van der Waals surface area contributed by atoms with Gasteiger partial charge in [-0.2, -0.15) is 0 Å². The van der Waals surface area contributed by atoms with Crippen LogP contribution in [0.4, 0.5) is 13.2 Å². The molecule has 1 aromatic rings. The lowest BCUT2D eigenvalue weighted by Gasteiger charge is -2.10. The number of hydrogen-bond donors (Lipinski definition) is 0. The van der Waals surface area contributed by atoms with Crippen molar-refractivity contribution in [2.24, 2.45) is 0 Å². The monoisotopic (exact) mass is 188 g/mol. The second kappa shape index (κ2) is 3.81.